The van der Waals surface area contributed by atoms with E-state index in [4.69, 9.17) is 5.73 Å². The van der Waals surface area contributed by atoms with Crippen LogP contribution in [0, 0.1) is 12.8 Å². The third-order valence-corrected chi connectivity index (χ3v) is 6.01. The minimum absolute atomic E-state index is 0.0418. The number of aryl methyl sites for hydroxylation is 1. The Morgan fingerprint density at radius 3 is 2.67 bits per heavy atom. The van der Waals surface area contributed by atoms with E-state index in [9.17, 15) is 8.42 Å². The van der Waals surface area contributed by atoms with Crippen LogP contribution in [0.25, 0.3) is 0 Å². The summed E-state index contributed by atoms with van der Waals surface area (Å²) in [6.45, 7) is 4.44. The fraction of sp³-hybridized carbons (Fsp3) is 0.625. The van der Waals surface area contributed by atoms with E-state index < -0.39 is 10.0 Å². The highest BCUT2D eigenvalue weighted by molar-refractivity contribution is 7.89. The van der Waals surface area contributed by atoms with Crippen LogP contribution in [-0.4, -0.2) is 14.5 Å². The Morgan fingerprint density at radius 1 is 1.24 bits per heavy atom. The molecule has 1 saturated carbocycles. The van der Waals surface area contributed by atoms with Crippen LogP contribution in [-0.2, 0) is 16.6 Å². The molecule has 2 atom stereocenters. The molecule has 21 heavy (non-hydrogen) atoms. The smallest absolute Gasteiger partial charge is 0.240 e. The van der Waals surface area contributed by atoms with Crippen LogP contribution in [0.15, 0.2) is 23.1 Å². The van der Waals surface area contributed by atoms with Gasteiger partial charge in [-0.15, -0.1) is 0 Å². The Bertz CT molecular complexity index is 584. The zero-order chi connectivity index (χ0) is 15.5. The molecule has 2 unspecified atom stereocenters. The summed E-state index contributed by atoms with van der Waals surface area (Å²) in [5, 5.41) is 0. The quantitative estimate of drug-likeness (QED) is 0.840. The maximum Gasteiger partial charge on any atom is 0.240 e. The molecule has 1 aromatic carbocycles. The second kappa shape index (κ2) is 6.90. The van der Waals surface area contributed by atoms with E-state index in [-0.39, 0.29) is 6.04 Å². The highest BCUT2D eigenvalue weighted by Gasteiger charge is 2.26. The molecule has 0 saturated heterocycles. The molecule has 0 spiro atoms. The summed E-state index contributed by atoms with van der Waals surface area (Å²) in [6.07, 6.45) is 5.51. The van der Waals surface area contributed by atoms with Gasteiger partial charge < -0.3 is 5.73 Å². The molecule has 5 heteroatoms. The number of rotatable bonds is 4. The second-order valence-electron chi connectivity index (χ2n) is 6.14. The lowest BCUT2D eigenvalue weighted by Crippen LogP contribution is -2.38. The third kappa shape index (κ3) is 4.05. The Kier molecular flexibility index (Phi) is 5.41. The number of sulfonamides is 1. The average Bonchev–Trinajstić information content (AvgIpc) is 2.64. The molecular weight excluding hydrogens is 284 g/mol. The van der Waals surface area contributed by atoms with Gasteiger partial charge in [0, 0.05) is 12.6 Å². The first-order valence-corrected chi connectivity index (χ1v) is 9.24. The molecule has 0 aromatic heterocycles. The van der Waals surface area contributed by atoms with Crippen molar-refractivity contribution in [2.45, 2.75) is 63.4 Å². The number of nitrogens with one attached hydrogen (secondary N) is 1. The van der Waals surface area contributed by atoms with Crippen molar-refractivity contribution in [1.29, 1.82) is 0 Å². The molecule has 0 radical (unpaired) electrons. The minimum Gasteiger partial charge on any atom is -0.326 e. The summed E-state index contributed by atoms with van der Waals surface area (Å²) >= 11 is 0. The molecule has 118 valence electrons. The minimum atomic E-state index is -3.46. The van der Waals surface area contributed by atoms with Gasteiger partial charge >= 0.3 is 0 Å². The molecule has 1 fully saturated rings. The zero-order valence-electron chi connectivity index (χ0n) is 12.9. The molecule has 0 heterocycles. The maximum absolute atomic E-state index is 12.6. The summed E-state index contributed by atoms with van der Waals surface area (Å²) in [5.74, 6) is 0.390. The van der Waals surface area contributed by atoms with E-state index in [1.165, 1.54) is 12.8 Å². The van der Waals surface area contributed by atoms with Gasteiger partial charge in [-0.2, -0.15) is 0 Å². The SMILES string of the molecule is Cc1ccc(S(=O)(=O)NC2CCCCCC2C)cc1CN. The predicted octanol–water partition coefficient (Wildman–Crippen LogP) is 2.70. The Morgan fingerprint density at radius 2 is 1.95 bits per heavy atom. The van der Waals surface area contributed by atoms with E-state index >= 15 is 0 Å². The number of benzene rings is 1. The topological polar surface area (TPSA) is 72.2 Å². The first-order chi connectivity index (χ1) is 9.94. The molecule has 1 aliphatic rings. The molecule has 2 rings (SSSR count). The van der Waals surface area contributed by atoms with Gasteiger partial charge in [-0.1, -0.05) is 32.3 Å². The van der Waals surface area contributed by atoms with Crippen LogP contribution in [0.5, 0.6) is 0 Å². The van der Waals surface area contributed by atoms with Crippen molar-refractivity contribution < 1.29 is 8.42 Å². The Hall–Kier alpha value is -0.910. The molecule has 0 aliphatic heterocycles. The lowest BCUT2D eigenvalue weighted by Gasteiger charge is -2.23. The molecule has 1 aromatic rings. The molecule has 0 bridgehead atoms. The van der Waals surface area contributed by atoms with Gasteiger partial charge in [0.05, 0.1) is 4.90 Å². The first-order valence-electron chi connectivity index (χ1n) is 7.76. The Balaban J connectivity index is 2.21. The molecule has 1 aliphatic carbocycles. The number of hydrogen-bond acceptors (Lipinski definition) is 3. The van der Waals surface area contributed by atoms with Crippen LogP contribution in [0.3, 0.4) is 0 Å². The van der Waals surface area contributed by atoms with E-state index in [1.54, 1.807) is 12.1 Å². The van der Waals surface area contributed by atoms with Crippen LogP contribution in [0.4, 0.5) is 0 Å². The second-order valence-corrected chi connectivity index (χ2v) is 7.85. The van der Waals surface area contributed by atoms with Crippen LogP contribution >= 0.6 is 0 Å². The highest BCUT2D eigenvalue weighted by Crippen LogP contribution is 2.25. The molecule has 0 amide bonds. The largest absolute Gasteiger partial charge is 0.326 e. The van der Waals surface area contributed by atoms with Gasteiger partial charge in [0.1, 0.15) is 0 Å². The lowest BCUT2D eigenvalue weighted by atomic mass is 9.98. The van der Waals surface area contributed by atoms with Crippen LogP contribution in [0.2, 0.25) is 0 Å². The fourth-order valence-corrected chi connectivity index (χ4v) is 4.40. The zero-order valence-corrected chi connectivity index (χ0v) is 13.7. The van der Waals surface area contributed by atoms with E-state index in [0.717, 1.165) is 30.4 Å². The normalized spacial score (nSPS) is 23.8. The van der Waals surface area contributed by atoms with E-state index in [0.29, 0.717) is 17.4 Å². The van der Waals surface area contributed by atoms with Crippen molar-refractivity contribution in [2.24, 2.45) is 11.7 Å². The van der Waals surface area contributed by atoms with Gasteiger partial charge in [-0.3, -0.25) is 0 Å². The molecule has 4 nitrogen and oxygen atoms in total. The highest BCUT2D eigenvalue weighted by atomic mass is 32.2. The van der Waals surface area contributed by atoms with Crippen molar-refractivity contribution in [3.05, 3.63) is 29.3 Å². The van der Waals surface area contributed by atoms with Crippen LogP contribution < -0.4 is 10.5 Å². The van der Waals surface area contributed by atoms with Crippen molar-refractivity contribution in [3.63, 3.8) is 0 Å². The summed E-state index contributed by atoms with van der Waals surface area (Å²) in [6, 6.07) is 5.23. The molecular formula is C16H26N2O2S. The Labute approximate surface area is 128 Å². The maximum atomic E-state index is 12.6. The summed E-state index contributed by atoms with van der Waals surface area (Å²) in [4.78, 5) is 0.324. The van der Waals surface area contributed by atoms with Gasteiger partial charge in [0.25, 0.3) is 0 Å². The van der Waals surface area contributed by atoms with Gasteiger partial charge in [-0.25, -0.2) is 13.1 Å². The predicted molar refractivity (Wildman–Crippen MR) is 85.4 cm³/mol. The summed E-state index contributed by atoms with van der Waals surface area (Å²) < 4.78 is 28.1. The van der Waals surface area contributed by atoms with Crippen molar-refractivity contribution >= 4 is 10.0 Å². The standard InChI is InChI=1S/C16H26N2O2S/c1-12-8-9-15(10-14(12)11-17)21(19,20)18-16-7-5-3-4-6-13(16)2/h8-10,13,16,18H,3-7,11,17H2,1-2H3. The molecule has 3 N–H and O–H groups in total. The number of nitrogens with two attached hydrogens (primary N) is 1. The van der Waals surface area contributed by atoms with E-state index in [1.807, 2.05) is 13.0 Å². The third-order valence-electron chi connectivity index (χ3n) is 4.52. The first kappa shape index (κ1) is 16.5. The fourth-order valence-electron chi connectivity index (χ4n) is 2.97. The van der Waals surface area contributed by atoms with E-state index in [2.05, 4.69) is 11.6 Å². The van der Waals surface area contributed by atoms with Crippen molar-refractivity contribution in [3.8, 4) is 0 Å². The van der Waals surface area contributed by atoms with Crippen LogP contribution in [0.1, 0.15) is 50.2 Å². The lowest BCUT2D eigenvalue weighted by molar-refractivity contribution is 0.399. The van der Waals surface area contributed by atoms with Gasteiger partial charge in [0.15, 0.2) is 0 Å². The van der Waals surface area contributed by atoms with Gasteiger partial charge in [0.2, 0.25) is 10.0 Å². The monoisotopic (exact) mass is 310 g/mol. The summed E-state index contributed by atoms with van der Waals surface area (Å²) in [5.41, 5.74) is 7.58. The van der Waals surface area contributed by atoms with Crippen molar-refractivity contribution in [2.75, 3.05) is 0 Å². The van der Waals surface area contributed by atoms with Gasteiger partial charge in [-0.05, 0) is 48.9 Å². The number of hydrogen-bond donors (Lipinski definition) is 2. The summed E-state index contributed by atoms with van der Waals surface area (Å²) in [7, 11) is -3.46. The van der Waals surface area contributed by atoms with Crippen molar-refractivity contribution in [1.82, 2.24) is 4.72 Å². The average molecular weight is 310 g/mol.